The maximum atomic E-state index is 11.5. The van der Waals surface area contributed by atoms with E-state index in [2.05, 4.69) is 5.11 Å². The quantitative estimate of drug-likeness (QED) is 0.422. The largest absolute Gasteiger partial charge is 0.706 e. The lowest BCUT2D eigenvalue weighted by atomic mass is 9.97. The first kappa shape index (κ1) is 11.4. The Morgan fingerprint density at radius 2 is 1.80 bits per heavy atom. The summed E-state index contributed by atoms with van der Waals surface area (Å²) in [5.41, 5.74) is 8.35. The fourth-order valence-electron chi connectivity index (χ4n) is 0.841. The molecule has 0 amide bonds. The van der Waals surface area contributed by atoms with Crippen LogP contribution in [-0.4, -0.2) is 5.97 Å². The van der Waals surface area contributed by atoms with Crippen LogP contribution in [0.3, 0.4) is 0 Å². The Morgan fingerprint density at radius 3 is 2.20 bits per heavy atom. The van der Waals surface area contributed by atoms with E-state index in [-0.39, 0.29) is 5.97 Å². The van der Waals surface area contributed by atoms with Crippen molar-refractivity contribution in [2.24, 2.45) is 10.5 Å². The van der Waals surface area contributed by atoms with Gasteiger partial charge in [-0.3, -0.25) is 4.79 Å². The van der Waals surface area contributed by atoms with Crippen molar-refractivity contribution in [1.82, 2.24) is 0 Å². The third-order valence-corrected chi connectivity index (χ3v) is 1.78. The van der Waals surface area contributed by atoms with Gasteiger partial charge in [-0.05, 0) is 45.0 Å². The van der Waals surface area contributed by atoms with Gasteiger partial charge in [-0.25, -0.2) is 0 Å². The topological polar surface area (TPSA) is 61.0 Å². The lowest BCUT2D eigenvalue weighted by Gasteiger charge is -2.16. The van der Waals surface area contributed by atoms with Gasteiger partial charge in [0.25, 0.3) is 0 Å². The highest BCUT2D eigenvalue weighted by molar-refractivity contribution is 5.77. The van der Waals surface area contributed by atoms with E-state index >= 15 is 0 Å². The van der Waals surface area contributed by atoms with Crippen LogP contribution in [0.25, 0.3) is 5.53 Å². The summed E-state index contributed by atoms with van der Waals surface area (Å²) < 4.78 is 5.12. The molecule has 1 rings (SSSR count). The molecule has 0 N–H and O–H groups in total. The number of nitrogens with zero attached hydrogens (tertiary/aromatic N) is 2. The van der Waals surface area contributed by atoms with Gasteiger partial charge in [0.2, 0.25) is 0 Å². The van der Waals surface area contributed by atoms with Gasteiger partial charge in [-0.15, -0.1) is 0 Å². The van der Waals surface area contributed by atoms with E-state index in [4.69, 9.17) is 10.3 Å². The highest BCUT2D eigenvalue weighted by atomic mass is 16.5. The molecule has 0 aliphatic heterocycles. The molecular weight excluding hydrogens is 192 g/mol. The molecule has 4 heteroatoms. The minimum absolute atomic E-state index is 0.295. The molecular formula is C11H13N2O2-. The SMILES string of the molecule is CC(C)(C)C(=O)Oc1ccc(N=[N-])cc1. The van der Waals surface area contributed by atoms with E-state index in [0.717, 1.165) is 0 Å². The van der Waals surface area contributed by atoms with Gasteiger partial charge >= 0.3 is 5.97 Å². The van der Waals surface area contributed by atoms with Gasteiger partial charge < -0.3 is 15.4 Å². The van der Waals surface area contributed by atoms with Gasteiger partial charge in [-0.2, -0.15) is 0 Å². The van der Waals surface area contributed by atoms with Crippen LogP contribution in [0.1, 0.15) is 20.8 Å². The van der Waals surface area contributed by atoms with E-state index in [1.807, 2.05) is 0 Å². The molecule has 80 valence electrons. The minimum atomic E-state index is -0.528. The predicted octanol–water partition coefficient (Wildman–Crippen LogP) is 3.29. The van der Waals surface area contributed by atoms with Crippen molar-refractivity contribution in [1.29, 1.82) is 0 Å². The van der Waals surface area contributed by atoms with Crippen LogP contribution in [-0.2, 0) is 4.79 Å². The molecule has 0 atom stereocenters. The average Bonchev–Trinajstić information content (AvgIpc) is 2.17. The van der Waals surface area contributed by atoms with Crippen molar-refractivity contribution in [3.8, 4) is 5.75 Å². The van der Waals surface area contributed by atoms with Gasteiger partial charge in [0, 0.05) is 5.69 Å². The van der Waals surface area contributed by atoms with Crippen molar-refractivity contribution >= 4 is 11.7 Å². The zero-order chi connectivity index (χ0) is 11.5. The molecule has 0 aliphatic rings. The zero-order valence-corrected chi connectivity index (χ0v) is 9.02. The molecule has 0 unspecified atom stereocenters. The molecule has 15 heavy (non-hydrogen) atoms. The third kappa shape index (κ3) is 3.16. The first-order valence-corrected chi connectivity index (χ1v) is 4.61. The Kier molecular flexibility index (Phi) is 3.19. The molecule has 0 radical (unpaired) electrons. The van der Waals surface area contributed by atoms with Gasteiger partial charge in [0.15, 0.2) is 0 Å². The standard InChI is InChI=1S/C11H13N2O2/c1-11(2,3)10(14)15-9-6-4-8(13-12)5-7-9/h4-7H,1-3H3/q-1. The lowest BCUT2D eigenvalue weighted by Crippen LogP contribution is -2.25. The Balaban J connectivity index is 2.74. The maximum absolute atomic E-state index is 11.5. The summed E-state index contributed by atoms with van der Waals surface area (Å²) in [7, 11) is 0. The summed E-state index contributed by atoms with van der Waals surface area (Å²) in [6, 6.07) is 6.29. The fourth-order valence-corrected chi connectivity index (χ4v) is 0.841. The van der Waals surface area contributed by atoms with Crippen molar-refractivity contribution in [2.75, 3.05) is 0 Å². The molecule has 0 fully saturated rings. The second-order valence-electron chi connectivity index (χ2n) is 4.23. The van der Waals surface area contributed by atoms with E-state index in [1.54, 1.807) is 45.0 Å². The zero-order valence-electron chi connectivity index (χ0n) is 9.02. The van der Waals surface area contributed by atoms with Crippen LogP contribution < -0.4 is 4.74 Å². The third-order valence-electron chi connectivity index (χ3n) is 1.78. The first-order chi connectivity index (χ1) is 6.93. The number of esters is 1. The Bertz CT molecular complexity index is 363. The Hall–Kier alpha value is -1.71. The predicted molar refractivity (Wildman–Crippen MR) is 57.0 cm³/mol. The second-order valence-corrected chi connectivity index (χ2v) is 4.23. The number of hydrogen-bond donors (Lipinski definition) is 0. The number of ether oxygens (including phenoxy) is 1. The van der Waals surface area contributed by atoms with Crippen molar-refractivity contribution in [3.05, 3.63) is 29.8 Å². The molecule has 0 saturated heterocycles. The lowest BCUT2D eigenvalue weighted by molar-refractivity contribution is -0.142. The van der Waals surface area contributed by atoms with Crippen LogP contribution in [0.4, 0.5) is 5.69 Å². The number of rotatable bonds is 2. The molecule has 4 nitrogen and oxygen atoms in total. The summed E-state index contributed by atoms with van der Waals surface area (Å²) in [6.45, 7) is 5.35. The molecule has 0 aromatic heterocycles. The Labute approximate surface area is 88.8 Å². The number of carbonyl (C=O) groups is 1. The molecule has 0 heterocycles. The molecule has 0 bridgehead atoms. The van der Waals surface area contributed by atoms with Crippen LogP contribution in [0.2, 0.25) is 0 Å². The van der Waals surface area contributed by atoms with Crippen LogP contribution in [0.15, 0.2) is 29.4 Å². The average molecular weight is 205 g/mol. The maximum Gasteiger partial charge on any atom is 0.316 e. The number of benzene rings is 1. The highest BCUT2D eigenvalue weighted by Gasteiger charge is 2.23. The van der Waals surface area contributed by atoms with E-state index < -0.39 is 5.41 Å². The van der Waals surface area contributed by atoms with Gasteiger partial charge in [0.05, 0.1) is 5.41 Å². The summed E-state index contributed by atoms with van der Waals surface area (Å²) in [4.78, 5) is 11.5. The Morgan fingerprint density at radius 1 is 1.27 bits per heavy atom. The van der Waals surface area contributed by atoms with E-state index in [0.29, 0.717) is 11.4 Å². The summed E-state index contributed by atoms with van der Waals surface area (Å²) in [5.74, 6) is 0.151. The molecule has 1 aromatic carbocycles. The molecule has 1 aromatic rings. The molecule has 0 saturated carbocycles. The minimum Gasteiger partial charge on any atom is -0.706 e. The summed E-state index contributed by atoms with van der Waals surface area (Å²) in [6.07, 6.45) is 0. The van der Waals surface area contributed by atoms with Crippen molar-refractivity contribution < 1.29 is 9.53 Å². The molecule has 0 spiro atoms. The number of hydrogen-bond acceptors (Lipinski definition) is 3. The number of carbonyl (C=O) groups excluding carboxylic acids is 1. The monoisotopic (exact) mass is 205 g/mol. The summed E-state index contributed by atoms with van der Waals surface area (Å²) in [5, 5.41) is 3.00. The van der Waals surface area contributed by atoms with Crippen LogP contribution in [0.5, 0.6) is 5.75 Å². The van der Waals surface area contributed by atoms with E-state index in [1.165, 1.54) is 0 Å². The summed E-state index contributed by atoms with van der Waals surface area (Å²) >= 11 is 0. The van der Waals surface area contributed by atoms with E-state index in [9.17, 15) is 4.79 Å². The van der Waals surface area contributed by atoms with Crippen molar-refractivity contribution in [3.63, 3.8) is 0 Å². The fraction of sp³-hybridized carbons (Fsp3) is 0.364. The van der Waals surface area contributed by atoms with Crippen LogP contribution >= 0.6 is 0 Å². The smallest absolute Gasteiger partial charge is 0.316 e. The normalized spacial score (nSPS) is 10.9. The highest BCUT2D eigenvalue weighted by Crippen LogP contribution is 2.21. The van der Waals surface area contributed by atoms with Crippen LogP contribution in [0, 0.1) is 5.41 Å². The van der Waals surface area contributed by atoms with Crippen molar-refractivity contribution in [2.45, 2.75) is 20.8 Å². The first-order valence-electron chi connectivity index (χ1n) is 4.61. The molecule has 0 aliphatic carbocycles. The van der Waals surface area contributed by atoms with Gasteiger partial charge in [0.1, 0.15) is 5.75 Å². The van der Waals surface area contributed by atoms with Gasteiger partial charge in [-0.1, -0.05) is 0 Å². The second kappa shape index (κ2) is 4.21.